The number of hydrogen-bond acceptors (Lipinski definition) is 2. The molecule has 0 spiro atoms. The summed E-state index contributed by atoms with van der Waals surface area (Å²) in [5, 5.41) is 0.199. The number of fused-ring (bicyclic) bond motifs is 1. The van der Waals surface area contributed by atoms with Crippen molar-refractivity contribution in [2.75, 3.05) is 17.2 Å². The predicted molar refractivity (Wildman–Crippen MR) is 77.0 cm³/mol. The van der Waals surface area contributed by atoms with Crippen LogP contribution in [0.15, 0.2) is 36.4 Å². The predicted octanol–water partition coefficient (Wildman–Crippen LogP) is 3.62. The minimum Gasteiger partial charge on any atom is -0.397 e. The van der Waals surface area contributed by atoms with E-state index in [0.717, 1.165) is 29.9 Å². The smallest absolute Gasteiger partial charge is 0.142 e. The van der Waals surface area contributed by atoms with E-state index in [1.54, 1.807) is 6.07 Å². The van der Waals surface area contributed by atoms with Crippen molar-refractivity contribution in [3.63, 3.8) is 0 Å². The molecule has 0 aliphatic carbocycles. The number of anilines is 2. The molecule has 0 radical (unpaired) electrons. The van der Waals surface area contributed by atoms with Gasteiger partial charge in [-0.15, -0.1) is 0 Å². The number of rotatable bonds is 2. The molecule has 1 heterocycles. The molecule has 0 saturated heterocycles. The molecule has 0 fully saturated rings. The Balaban J connectivity index is 1.93. The Morgan fingerprint density at radius 1 is 1.21 bits per heavy atom. The van der Waals surface area contributed by atoms with Gasteiger partial charge in [-0.1, -0.05) is 35.9 Å². The Morgan fingerprint density at radius 3 is 2.84 bits per heavy atom. The average molecular weight is 277 g/mol. The van der Waals surface area contributed by atoms with Gasteiger partial charge >= 0.3 is 0 Å². The van der Waals surface area contributed by atoms with Crippen LogP contribution >= 0.6 is 11.6 Å². The molecule has 2 N–H and O–H groups in total. The molecule has 2 aromatic carbocycles. The van der Waals surface area contributed by atoms with Crippen LogP contribution in [-0.4, -0.2) is 6.54 Å². The average Bonchev–Trinajstić information content (AvgIpc) is 2.80. The van der Waals surface area contributed by atoms with Crippen LogP contribution in [0.3, 0.4) is 0 Å². The largest absolute Gasteiger partial charge is 0.397 e. The fraction of sp³-hybridized carbons (Fsp3) is 0.200. The number of hydrogen-bond donors (Lipinski definition) is 1. The van der Waals surface area contributed by atoms with Gasteiger partial charge in [0.1, 0.15) is 5.82 Å². The lowest BCUT2D eigenvalue weighted by Crippen LogP contribution is -2.21. The Labute approximate surface area is 116 Å². The van der Waals surface area contributed by atoms with Crippen LogP contribution in [0.1, 0.15) is 11.1 Å². The molecule has 98 valence electrons. The van der Waals surface area contributed by atoms with E-state index in [9.17, 15) is 4.39 Å². The van der Waals surface area contributed by atoms with E-state index in [1.165, 1.54) is 11.6 Å². The highest BCUT2D eigenvalue weighted by molar-refractivity contribution is 6.31. The molecular formula is C15H14ClFN2. The zero-order chi connectivity index (χ0) is 13.4. The van der Waals surface area contributed by atoms with E-state index in [1.807, 2.05) is 18.2 Å². The maximum absolute atomic E-state index is 13.5. The molecule has 1 aliphatic rings. The van der Waals surface area contributed by atoms with Gasteiger partial charge in [0.2, 0.25) is 0 Å². The molecule has 4 heteroatoms. The van der Waals surface area contributed by atoms with Crippen LogP contribution in [0.5, 0.6) is 0 Å². The second kappa shape index (κ2) is 4.74. The summed E-state index contributed by atoms with van der Waals surface area (Å²) in [6.45, 7) is 1.47. The molecule has 1 aliphatic heterocycles. The second-order valence-corrected chi connectivity index (χ2v) is 5.12. The first-order chi connectivity index (χ1) is 9.16. The summed E-state index contributed by atoms with van der Waals surface area (Å²) in [4.78, 5) is 2.16. The van der Waals surface area contributed by atoms with Crippen molar-refractivity contribution in [2.24, 2.45) is 0 Å². The van der Waals surface area contributed by atoms with E-state index in [-0.39, 0.29) is 10.8 Å². The summed E-state index contributed by atoms with van der Waals surface area (Å²) in [6, 6.07) is 10.8. The highest BCUT2D eigenvalue weighted by Crippen LogP contribution is 2.35. The monoisotopic (exact) mass is 276 g/mol. The lowest BCUT2D eigenvalue weighted by Gasteiger charge is -2.21. The first kappa shape index (κ1) is 12.3. The maximum atomic E-state index is 13.5. The SMILES string of the molecule is Nc1cccc2c1N(Cc1cccc(F)c1Cl)CC2. The summed E-state index contributed by atoms with van der Waals surface area (Å²) < 4.78 is 13.5. The molecule has 0 unspecified atom stereocenters. The van der Waals surface area contributed by atoms with Gasteiger partial charge in [0.15, 0.2) is 0 Å². The van der Waals surface area contributed by atoms with Crippen LogP contribution in [-0.2, 0) is 13.0 Å². The van der Waals surface area contributed by atoms with Gasteiger partial charge in [0.25, 0.3) is 0 Å². The zero-order valence-corrected chi connectivity index (χ0v) is 11.1. The molecule has 0 saturated carbocycles. The van der Waals surface area contributed by atoms with E-state index in [4.69, 9.17) is 17.3 Å². The van der Waals surface area contributed by atoms with Gasteiger partial charge in [0, 0.05) is 13.1 Å². The Morgan fingerprint density at radius 2 is 2.00 bits per heavy atom. The highest BCUT2D eigenvalue weighted by Gasteiger charge is 2.22. The summed E-state index contributed by atoms with van der Waals surface area (Å²) in [6.07, 6.45) is 0.966. The minimum atomic E-state index is -0.375. The molecule has 19 heavy (non-hydrogen) atoms. The van der Waals surface area contributed by atoms with E-state index in [0.29, 0.717) is 6.54 Å². The van der Waals surface area contributed by atoms with Crippen molar-refractivity contribution in [3.05, 3.63) is 58.4 Å². The first-order valence-electron chi connectivity index (χ1n) is 6.22. The van der Waals surface area contributed by atoms with Gasteiger partial charge in [-0.25, -0.2) is 4.39 Å². The highest BCUT2D eigenvalue weighted by atomic mass is 35.5. The van der Waals surface area contributed by atoms with Crippen molar-refractivity contribution in [1.82, 2.24) is 0 Å². The number of nitrogens with zero attached hydrogens (tertiary/aromatic N) is 1. The zero-order valence-electron chi connectivity index (χ0n) is 10.4. The van der Waals surface area contributed by atoms with Crippen LogP contribution in [0.2, 0.25) is 5.02 Å². The normalized spacial score (nSPS) is 13.7. The van der Waals surface area contributed by atoms with Gasteiger partial charge in [-0.3, -0.25) is 0 Å². The molecule has 0 bridgehead atoms. The van der Waals surface area contributed by atoms with Gasteiger partial charge in [-0.05, 0) is 29.7 Å². The van der Waals surface area contributed by atoms with Crippen molar-refractivity contribution >= 4 is 23.0 Å². The number of nitrogen functional groups attached to an aromatic ring is 1. The van der Waals surface area contributed by atoms with E-state index < -0.39 is 0 Å². The van der Waals surface area contributed by atoms with Crippen LogP contribution in [0, 0.1) is 5.82 Å². The maximum Gasteiger partial charge on any atom is 0.142 e. The molecule has 0 amide bonds. The number of benzene rings is 2. The van der Waals surface area contributed by atoms with Crippen molar-refractivity contribution in [1.29, 1.82) is 0 Å². The van der Waals surface area contributed by atoms with Crippen molar-refractivity contribution in [2.45, 2.75) is 13.0 Å². The lowest BCUT2D eigenvalue weighted by atomic mass is 10.1. The standard InChI is InChI=1S/C15H14ClFN2/c16-14-11(4-1-5-12(14)17)9-19-8-7-10-3-2-6-13(18)15(10)19/h1-6H,7-9,18H2. The van der Waals surface area contributed by atoms with Gasteiger partial charge in [-0.2, -0.15) is 0 Å². The third-order valence-corrected chi connectivity index (χ3v) is 3.93. The Kier molecular flexibility index (Phi) is 3.07. The number of halogens is 2. The molecular weight excluding hydrogens is 263 g/mol. The van der Waals surface area contributed by atoms with Crippen molar-refractivity contribution in [3.8, 4) is 0 Å². The second-order valence-electron chi connectivity index (χ2n) is 4.74. The molecule has 2 nitrogen and oxygen atoms in total. The number of para-hydroxylation sites is 1. The summed E-state index contributed by atoms with van der Waals surface area (Å²) >= 11 is 6.01. The quantitative estimate of drug-likeness (QED) is 0.849. The third-order valence-electron chi connectivity index (χ3n) is 3.51. The van der Waals surface area contributed by atoms with Crippen molar-refractivity contribution < 1.29 is 4.39 Å². The topological polar surface area (TPSA) is 29.3 Å². The van der Waals surface area contributed by atoms with E-state index in [2.05, 4.69) is 11.0 Å². The van der Waals surface area contributed by atoms with Crippen LogP contribution in [0.25, 0.3) is 0 Å². The molecule has 2 aromatic rings. The summed E-state index contributed by atoms with van der Waals surface area (Å²) in [5.74, 6) is -0.375. The fourth-order valence-corrected chi connectivity index (χ4v) is 2.79. The van der Waals surface area contributed by atoms with Gasteiger partial charge < -0.3 is 10.6 Å². The minimum absolute atomic E-state index is 0.199. The molecule has 0 aromatic heterocycles. The summed E-state index contributed by atoms with van der Waals surface area (Å²) in [5.41, 5.74) is 9.89. The third kappa shape index (κ3) is 2.15. The molecule has 3 rings (SSSR count). The van der Waals surface area contributed by atoms with Gasteiger partial charge in [0.05, 0.1) is 16.4 Å². The Bertz CT molecular complexity index is 628. The Hall–Kier alpha value is -1.74. The lowest BCUT2D eigenvalue weighted by molar-refractivity contribution is 0.625. The van der Waals surface area contributed by atoms with Crippen LogP contribution < -0.4 is 10.6 Å². The van der Waals surface area contributed by atoms with E-state index >= 15 is 0 Å². The summed E-state index contributed by atoms with van der Waals surface area (Å²) in [7, 11) is 0. The molecule has 0 atom stereocenters. The number of nitrogens with two attached hydrogens (primary N) is 1. The van der Waals surface area contributed by atoms with Crippen LogP contribution in [0.4, 0.5) is 15.8 Å². The fourth-order valence-electron chi connectivity index (χ4n) is 2.60. The first-order valence-corrected chi connectivity index (χ1v) is 6.60.